The van der Waals surface area contributed by atoms with E-state index < -0.39 is 10.0 Å². The topological polar surface area (TPSA) is 90.5 Å². The number of fused-ring (bicyclic) bond motifs is 1. The van der Waals surface area contributed by atoms with Gasteiger partial charge >= 0.3 is 0 Å². The van der Waals surface area contributed by atoms with Gasteiger partial charge in [-0.25, -0.2) is 8.42 Å². The molecule has 2 aromatic rings. The molecule has 3 aliphatic heterocycles. The molecule has 2 saturated heterocycles. The molecule has 3 heterocycles. The zero-order valence-corrected chi connectivity index (χ0v) is 24.0. The first-order chi connectivity index (χ1) is 18.5. The highest BCUT2D eigenvalue weighted by molar-refractivity contribution is 7.89. The Kier molecular flexibility index (Phi) is 7.61. The van der Waals surface area contributed by atoms with Crippen LogP contribution in [0.4, 0.5) is 11.4 Å². The summed E-state index contributed by atoms with van der Waals surface area (Å²) < 4.78 is 34.2. The summed E-state index contributed by atoms with van der Waals surface area (Å²) in [6, 6.07) is 13.0. The van der Waals surface area contributed by atoms with Crippen molar-refractivity contribution < 1.29 is 22.7 Å². The minimum absolute atomic E-state index is 0.110. The number of piperazine rings is 1. The number of hydrogen-bond donors (Lipinski definition) is 0. The number of carbonyl (C=O) groups is 2. The Balaban J connectivity index is 1.33. The van der Waals surface area contributed by atoms with Crippen LogP contribution in [0.1, 0.15) is 32.8 Å². The molecule has 0 saturated carbocycles. The summed E-state index contributed by atoms with van der Waals surface area (Å²) in [6.45, 7) is 10.6. The summed E-state index contributed by atoms with van der Waals surface area (Å²) in [5.74, 6) is 0.415. The minimum Gasteiger partial charge on any atom is -0.482 e. The summed E-state index contributed by atoms with van der Waals surface area (Å²) in [5.41, 5.74) is 2.65. The molecule has 0 bridgehead atoms. The highest BCUT2D eigenvalue weighted by atomic mass is 32.2. The molecule has 2 aromatic carbocycles. The summed E-state index contributed by atoms with van der Waals surface area (Å²) in [7, 11) is -3.76. The molecule has 0 radical (unpaired) electrons. The van der Waals surface area contributed by atoms with Crippen molar-refractivity contribution in [3.63, 3.8) is 0 Å². The molecule has 5 rings (SSSR count). The maximum atomic E-state index is 13.5. The van der Waals surface area contributed by atoms with E-state index in [1.807, 2.05) is 6.07 Å². The number of ether oxygens (including phenoxy) is 1. The van der Waals surface area contributed by atoms with Crippen molar-refractivity contribution in [2.75, 3.05) is 55.7 Å². The van der Waals surface area contributed by atoms with Gasteiger partial charge in [-0.2, -0.15) is 4.31 Å². The van der Waals surface area contributed by atoms with E-state index >= 15 is 0 Å². The Morgan fingerprint density at radius 1 is 1.00 bits per heavy atom. The van der Waals surface area contributed by atoms with E-state index in [2.05, 4.69) is 50.8 Å². The number of amides is 2. The van der Waals surface area contributed by atoms with Crippen molar-refractivity contribution in [3.8, 4) is 5.75 Å². The van der Waals surface area contributed by atoms with Crippen molar-refractivity contribution >= 4 is 33.2 Å². The Bertz CT molecular complexity index is 1350. The van der Waals surface area contributed by atoms with Crippen LogP contribution in [0.25, 0.3) is 0 Å². The van der Waals surface area contributed by atoms with E-state index in [1.54, 1.807) is 11.0 Å². The number of aryl methyl sites for hydroxylation is 1. The molecule has 2 fully saturated rings. The van der Waals surface area contributed by atoms with Gasteiger partial charge in [0, 0.05) is 44.5 Å². The molecule has 3 aliphatic rings. The minimum atomic E-state index is -3.76. The molecule has 9 nitrogen and oxygen atoms in total. The van der Waals surface area contributed by atoms with E-state index in [1.165, 1.54) is 26.9 Å². The largest absolute Gasteiger partial charge is 0.482 e. The van der Waals surface area contributed by atoms with Crippen LogP contribution in [0.15, 0.2) is 47.4 Å². The number of sulfonamides is 1. The zero-order valence-electron chi connectivity index (χ0n) is 23.2. The number of rotatable bonds is 5. The Morgan fingerprint density at radius 3 is 2.44 bits per heavy atom. The maximum absolute atomic E-state index is 13.5. The Hall–Kier alpha value is -3.11. The lowest BCUT2D eigenvalue weighted by Crippen LogP contribution is -2.56. The van der Waals surface area contributed by atoms with Crippen molar-refractivity contribution in [2.24, 2.45) is 11.8 Å². The first-order valence-corrected chi connectivity index (χ1v) is 15.2. The molecule has 0 N–H and O–H groups in total. The number of piperidine rings is 1. The van der Waals surface area contributed by atoms with Crippen LogP contribution in [-0.2, 0) is 19.6 Å². The third kappa shape index (κ3) is 5.63. The lowest BCUT2D eigenvalue weighted by Gasteiger charge is -2.42. The van der Waals surface area contributed by atoms with Crippen LogP contribution in [0, 0.1) is 18.8 Å². The van der Waals surface area contributed by atoms with Gasteiger partial charge in [-0.1, -0.05) is 26.0 Å². The lowest BCUT2D eigenvalue weighted by molar-refractivity contribution is -0.132. The highest BCUT2D eigenvalue weighted by Crippen LogP contribution is 2.36. The molecule has 0 aliphatic carbocycles. The highest BCUT2D eigenvalue weighted by Gasteiger charge is 2.35. The van der Waals surface area contributed by atoms with Gasteiger partial charge in [0.2, 0.25) is 15.9 Å². The Labute approximate surface area is 231 Å². The molecule has 0 spiro atoms. The lowest BCUT2D eigenvalue weighted by atomic mass is 9.94. The standard InChI is InChI=1S/C29H38N4O5S/c1-20-6-5-7-24(13-20)32-11-10-30(17-23(32)4)28(34)18-33-26-14-25(8-9-27(26)38-19-29(33)35)39(36,37)31-15-21(2)12-22(3)16-31/h5-9,13-14,21-23H,10-12,15-19H2,1-4H3. The summed E-state index contributed by atoms with van der Waals surface area (Å²) in [6.07, 6.45) is 0.992. The monoisotopic (exact) mass is 554 g/mol. The molecule has 2 amide bonds. The number of hydrogen-bond acceptors (Lipinski definition) is 6. The SMILES string of the molecule is Cc1cccc(N2CCN(C(=O)CN3C(=O)COc4ccc(S(=O)(=O)N5CC(C)CC(C)C5)cc43)CC2C)c1. The molecule has 3 atom stereocenters. The fourth-order valence-corrected chi connectivity index (χ4v) is 7.78. The third-order valence-electron chi connectivity index (χ3n) is 7.95. The number of anilines is 2. The van der Waals surface area contributed by atoms with Gasteiger partial charge in [-0.15, -0.1) is 0 Å². The van der Waals surface area contributed by atoms with Gasteiger partial charge in [-0.05, 0) is 68.0 Å². The molecule has 39 heavy (non-hydrogen) atoms. The Morgan fingerprint density at radius 2 is 1.74 bits per heavy atom. The summed E-state index contributed by atoms with van der Waals surface area (Å²) >= 11 is 0. The summed E-state index contributed by atoms with van der Waals surface area (Å²) in [5, 5.41) is 0. The quantitative estimate of drug-likeness (QED) is 0.564. The molecular formula is C29H38N4O5S. The van der Waals surface area contributed by atoms with Gasteiger partial charge in [0.05, 0.1) is 10.6 Å². The number of nitrogens with zero attached hydrogens (tertiary/aromatic N) is 4. The smallest absolute Gasteiger partial charge is 0.265 e. The normalized spacial score (nSPS) is 24.4. The summed E-state index contributed by atoms with van der Waals surface area (Å²) in [4.78, 5) is 31.9. The van der Waals surface area contributed by atoms with Crippen LogP contribution in [0.2, 0.25) is 0 Å². The fourth-order valence-electron chi connectivity index (χ4n) is 6.08. The molecule has 0 aromatic heterocycles. The number of benzene rings is 2. The second-order valence-electron chi connectivity index (χ2n) is 11.4. The van der Waals surface area contributed by atoms with Gasteiger partial charge in [-0.3, -0.25) is 14.5 Å². The van der Waals surface area contributed by atoms with E-state index in [0.717, 1.165) is 12.1 Å². The predicted octanol–water partition coefficient (Wildman–Crippen LogP) is 3.12. The molecule has 3 unspecified atom stereocenters. The van der Waals surface area contributed by atoms with Crippen molar-refractivity contribution in [3.05, 3.63) is 48.0 Å². The van der Waals surface area contributed by atoms with E-state index in [9.17, 15) is 18.0 Å². The molecular weight excluding hydrogens is 516 g/mol. The van der Waals surface area contributed by atoms with Gasteiger partial charge < -0.3 is 14.5 Å². The van der Waals surface area contributed by atoms with Crippen molar-refractivity contribution in [2.45, 2.75) is 45.1 Å². The van der Waals surface area contributed by atoms with Gasteiger partial charge in [0.25, 0.3) is 5.91 Å². The molecule has 210 valence electrons. The van der Waals surface area contributed by atoms with Gasteiger partial charge in [0.1, 0.15) is 12.3 Å². The second kappa shape index (κ2) is 10.8. The van der Waals surface area contributed by atoms with E-state index in [0.29, 0.717) is 44.2 Å². The van der Waals surface area contributed by atoms with Gasteiger partial charge in [0.15, 0.2) is 6.61 Å². The zero-order chi connectivity index (χ0) is 27.9. The van der Waals surface area contributed by atoms with Crippen LogP contribution in [0.3, 0.4) is 0 Å². The van der Waals surface area contributed by atoms with Crippen molar-refractivity contribution in [1.82, 2.24) is 9.21 Å². The first-order valence-electron chi connectivity index (χ1n) is 13.7. The van der Waals surface area contributed by atoms with Crippen LogP contribution in [-0.4, -0.2) is 81.4 Å². The van der Waals surface area contributed by atoms with E-state index in [-0.39, 0.29) is 47.7 Å². The second-order valence-corrected chi connectivity index (χ2v) is 13.3. The van der Waals surface area contributed by atoms with Crippen molar-refractivity contribution in [1.29, 1.82) is 0 Å². The average molecular weight is 555 g/mol. The first kappa shape index (κ1) is 27.5. The van der Waals surface area contributed by atoms with Crippen LogP contribution in [0.5, 0.6) is 5.75 Å². The molecule has 10 heteroatoms. The maximum Gasteiger partial charge on any atom is 0.265 e. The average Bonchev–Trinajstić information content (AvgIpc) is 2.89. The van der Waals surface area contributed by atoms with Crippen LogP contribution < -0.4 is 14.5 Å². The third-order valence-corrected chi connectivity index (χ3v) is 9.78. The number of carbonyl (C=O) groups excluding carboxylic acids is 2. The predicted molar refractivity (Wildman–Crippen MR) is 151 cm³/mol. The van der Waals surface area contributed by atoms with E-state index in [4.69, 9.17) is 4.74 Å². The fraction of sp³-hybridized carbons (Fsp3) is 0.517. The van der Waals surface area contributed by atoms with Crippen LogP contribution >= 0.6 is 0 Å².